The molecule has 156 valence electrons. The van der Waals surface area contributed by atoms with E-state index in [1.165, 1.54) is 0 Å². The third-order valence-corrected chi connectivity index (χ3v) is 3.61. The minimum absolute atomic E-state index is 0.168. The first kappa shape index (κ1) is 23.4. The molecule has 28 heavy (non-hydrogen) atoms. The lowest BCUT2D eigenvalue weighted by Gasteiger charge is -2.20. The second kappa shape index (κ2) is 12.0. The maximum atomic E-state index is 11.7. The van der Waals surface area contributed by atoms with Crippen LogP contribution in [-0.4, -0.2) is 47.9 Å². The second-order valence-corrected chi connectivity index (χ2v) is 7.34. The number of hydrogen-bond acceptors (Lipinski definition) is 6. The smallest absolute Gasteiger partial charge is 0.407 e. The third-order valence-electron chi connectivity index (χ3n) is 3.61. The number of esters is 1. The summed E-state index contributed by atoms with van der Waals surface area (Å²) in [6.45, 7) is 5.65. The summed E-state index contributed by atoms with van der Waals surface area (Å²) in [6, 6.07) is 8.50. The molecule has 1 amide bonds. The van der Waals surface area contributed by atoms with Gasteiger partial charge in [-0.2, -0.15) is 0 Å². The highest BCUT2D eigenvalue weighted by Crippen LogP contribution is 2.07. The van der Waals surface area contributed by atoms with Crippen LogP contribution in [0.4, 0.5) is 4.79 Å². The number of hydrogen-bond donors (Lipinski definition) is 3. The van der Waals surface area contributed by atoms with E-state index >= 15 is 0 Å². The van der Waals surface area contributed by atoms with E-state index in [1.807, 2.05) is 30.3 Å². The standard InChI is InChI=1S/C20H30N2O6/c1-20(2,3)28-17(23)13-22-16(18(24)25)11-7-8-12-21-19(26)27-14-15-9-5-4-6-10-15/h4-6,9-10,16,22H,7-8,11-14H2,1-3H3,(H,21,26)(H,24,25). The summed E-state index contributed by atoms with van der Waals surface area (Å²) in [5.41, 5.74) is 0.288. The van der Waals surface area contributed by atoms with Crippen molar-refractivity contribution in [3.8, 4) is 0 Å². The van der Waals surface area contributed by atoms with E-state index in [9.17, 15) is 19.5 Å². The molecule has 0 spiro atoms. The molecule has 0 aliphatic heterocycles. The number of carboxylic acid groups (broad SMARTS) is 1. The van der Waals surface area contributed by atoms with E-state index < -0.39 is 29.7 Å². The Hall–Kier alpha value is -2.61. The Morgan fingerprint density at radius 1 is 1.11 bits per heavy atom. The lowest BCUT2D eigenvalue weighted by atomic mass is 10.1. The SMILES string of the molecule is CC(C)(C)OC(=O)CNC(CCCCNC(=O)OCc1ccccc1)C(=O)O. The van der Waals surface area contributed by atoms with Gasteiger partial charge in [0.2, 0.25) is 0 Å². The van der Waals surface area contributed by atoms with Crippen LogP contribution in [0.15, 0.2) is 30.3 Å². The fourth-order valence-electron chi connectivity index (χ4n) is 2.34. The van der Waals surface area contributed by atoms with Crippen LogP contribution in [0.5, 0.6) is 0 Å². The van der Waals surface area contributed by atoms with Gasteiger partial charge in [0.15, 0.2) is 0 Å². The Morgan fingerprint density at radius 3 is 2.39 bits per heavy atom. The molecular formula is C20H30N2O6. The van der Waals surface area contributed by atoms with E-state index in [2.05, 4.69) is 10.6 Å². The number of aliphatic carboxylic acids is 1. The van der Waals surface area contributed by atoms with Crippen LogP contribution in [0.2, 0.25) is 0 Å². The molecule has 0 saturated heterocycles. The summed E-state index contributed by atoms with van der Waals surface area (Å²) >= 11 is 0. The minimum Gasteiger partial charge on any atom is -0.480 e. The molecule has 0 heterocycles. The van der Waals surface area contributed by atoms with Crippen molar-refractivity contribution in [2.24, 2.45) is 0 Å². The number of unbranched alkanes of at least 4 members (excludes halogenated alkanes) is 1. The number of carbonyl (C=O) groups is 3. The van der Waals surface area contributed by atoms with Gasteiger partial charge in [-0.05, 0) is 45.6 Å². The molecule has 1 aromatic carbocycles. The number of carbonyl (C=O) groups excluding carboxylic acids is 2. The molecular weight excluding hydrogens is 364 g/mol. The molecule has 8 nitrogen and oxygen atoms in total. The zero-order valence-electron chi connectivity index (χ0n) is 16.7. The number of ether oxygens (including phenoxy) is 2. The fourth-order valence-corrected chi connectivity index (χ4v) is 2.34. The number of carboxylic acids is 1. The fraction of sp³-hybridized carbons (Fsp3) is 0.550. The van der Waals surface area contributed by atoms with Crippen LogP contribution in [0, 0.1) is 0 Å². The van der Waals surface area contributed by atoms with Crippen LogP contribution in [-0.2, 0) is 25.7 Å². The number of alkyl carbamates (subject to hydrolysis) is 1. The lowest BCUT2D eigenvalue weighted by molar-refractivity contribution is -0.154. The maximum absolute atomic E-state index is 11.7. The molecule has 1 aromatic rings. The monoisotopic (exact) mass is 394 g/mol. The number of benzene rings is 1. The number of rotatable bonds is 11. The van der Waals surface area contributed by atoms with Crippen molar-refractivity contribution >= 4 is 18.0 Å². The molecule has 1 atom stereocenters. The molecule has 1 unspecified atom stereocenters. The minimum atomic E-state index is -1.03. The van der Waals surface area contributed by atoms with E-state index in [4.69, 9.17) is 9.47 Å². The van der Waals surface area contributed by atoms with Gasteiger partial charge in [0.25, 0.3) is 0 Å². The van der Waals surface area contributed by atoms with Crippen molar-refractivity contribution in [3.63, 3.8) is 0 Å². The summed E-state index contributed by atoms with van der Waals surface area (Å²) in [6.07, 6.45) is 0.982. The summed E-state index contributed by atoms with van der Waals surface area (Å²) < 4.78 is 10.2. The molecule has 0 saturated carbocycles. The zero-order chi connectivity index (χ0) is 21.0. The highest BCUT2D eigenvalue weighted by molar-refractivity contribution is 5.76. The Kier molecular flexibility index (Phi) is 10.0. The quantitative estimate of drug-likeness (QED) is 0.390. The molecule has 1 rings (SSSR count). The summed E-state index contributed by atoms with van der Waals surface area (Å²) in [7, 11) is 0. The predicted molar refractivity (Wildman–Crippen MR) is 104 cm³/mol. The van der Waals surface area contributed by atoms with Crippen LogP contribution in [0.1, 0.15) is 45.6 Å². The first-order valence-corrected chi connectivity index (χ1v) is 9.30. The largest absolute Gasteiger partial charge is 0.480 e. The molecule has 0 fully saturated rings. The maximum Gasteiger partial charge on any atom is 0.407 e. The van der Waals surface area contributed by atoms with Crippen molar-refractivity contribution < 1.29 is 29.0 Å². The van der Waals surface area contributed by atoms with Crippen molar-refractivity contribution in [2.75, 3.05) is 13.1 Å². The lowest BCUT2D eigenvalue weighted by Crippen LogP contribution is -2.41. The van der Waals surface area contributed by atoms with E-state index in [-0.39, 0.29) is 13.2 Å². The highest BCUT2D eigenvalue weighted by Gasteiger charge is 2.20. The highest BCUT2D eigenvalue weighted by atomic mass is 16.6. The Balaban J connectivity index is 2.18. The molecule has 0 aliphatic rings. The number of amides is 1. The second-order valence-electron chi connectivity index (χ2n) is 7.34. The molecule has 8 heteroatoms. The molecule has 0 radical (unpaired) electrons. The van der Waals surface area contributed by atoms with Gasteiger partial charge in [-0.3, -0.25) is 14.9 Å². The van der Waals surface area contributed by atoms with Crippen molar-refractivity contribution in [3.05, 3.63) is 35.9 Å². The van der Waals surface area contributed by atoms with Gasteiger partial charge in [0, 0.05) is 6.54 Å². The number of nitrogens with one attached hydrogen (secondary N) is 2. The first-order valence-electron chi connectivity index (χ1n) is 9.30. The van der Waals surface area contributed by atoms with Crippen molar-refractivity contribution in [2.45, 2.75) is 58.3 Å². The zero-order valence-corrected chi connectivity index (χ0v) is 16.7. The predicted octanol–water partition coefficient (Wildman–Crippen LogP) is 2.47. The topological polar surface area (TPSA) is 114 Å². The van der Waals surface area contributed by atoms with Crippen LogP contribution >= 0.6 is 0 Å². The average Bonchev–Trinajstić information content (AvgIpc) is 2.61. The van der Waals surface area contributed by atoms with Crippen LogP contribution < -0.4 is 10.6 Å². The summed E-state index contributed by atoms with van der Waals surface area (Å²) in [5, 5.41) is 14.6. The van der Waals surface area contributed by atoms with Crippen LogP contribution in [0.3, 0.4) is 0 Å². The van der Waals surface area contributed by atoms with Crippen LogP contribution in [0.25, 0.3) is 0 Å². The normalized spacial score (nSPS) is 12.1. The Bertz CT molecular complexity index is 627. The molecule has 0 aliphatic carbocycles. The van der Waals surface area contributed by atoms with Crippen molar-refractivity contribution in [1.29, 1.82) is 0 Å². The molecule has 0 bridgehead atoms. The summed E-state index contributed by atoms with van der Waals surface area (Å²) in [5.74, 6) is -1.53. The van der Waals surface area contributed by atoms with Gasteiger partial charge in [0.1, 0.15) is 18.2 Å². The van der Waals surface area contributed by atoms with Gasteiger partial charge in [-0.1, -0.05) is 30.3 Å². The van der Waals surface area contributed by atoms with E-state index in [0.717, 1.165) is 5.56 Å². The van der Waals surface area contributed by atoms with Gasteiger partial charge in [0.05, 0.1) is 6.54 Å². The van der Waals surface area contributed by atoms with Gasteiger partial charge >= 0.3 is 18.0 Å². The Labute approximate surface area is 165 Å². The van der Waals surface area contributed by atoms with Gasteiger partial charge < -0.3 is 19.9 Å². The summed E-state index contributed by atoms with van der Waals surface area (Å²) in [4.78, 5) is 34.6. The van der Waals surface area contributed by atoms with Gasteiger partial charge in [-0.25, -0.2) is 4.79 Å². The molecule has 0 aromatic heterocycles. The van der Waals surface area contributed by atoms with E-state index in [1.54, 1.807) is 20.8 Å². The van der Waals surface area contributed by atoms with Crippen molar-refractivity contribution in [1.82, 2.24) is 10.6 Å². The Morgan fingerprint density at radius 2 is 1.79 bits per heavy atom. The average molecular weight is 394 g/mol. The molecule has 3 N–H and O–H groups in total. The van der Waals surface area contributed by atoms with E-state index in [0.29, 0.717) is 25.8 Å². The first-order chi connectivity index (χ1) is 13.2. The third kappa shape index (κ3) is 11.2. The van der Waals surface area contributed by atoms with Gasteiger partial charge in [-0.15, -0.1) is 0 Å².